The summed E-state index contributed by atoms with van der Waals surface area (Å²) < 4.78 is 24.7. The molecule has 2 rings (SSSR count). The first kappa shape index (κ1) is 15.0. The molecule has 1 N–H and O–H groups in total. The van der Waals surface area contributed by atoms with Crippen LogP contribution in [0, 0.1) is 5.82 Å². The van der Waals surface area contributed by atoms with E-state index in [0.717, 1.165) is 0 Å². The molecule has 0 aliphatic heterocycles. The van der Waals surface area contributed by atoms with Crippen LogP contribution >= 0.6 is 0 Å². The zero-order valence-corrected chi connectivity index (χ0v) is 11.4. The zero-order valence-electron chi connectivity index (χ0n) is 11.4. The molecule has 0 unspecified atom stereocenters. The van der Waals surface area contributed by atoms with Crippen LogP contribution in [0.25, 0.3) is 0 Å². The first-order valence-electron chi connectivity index (χ1n) is 6.28. The quantitative estimate of drug-likeness (QED) is 0.640. The summed E-state index contributed by atoms with van der Waals surface area (Å²) >= 11 is 0. The van der Waals surface area contributed by atoms with Gasteiger partial charge < -0.3 is 14.6 Å². The summed E-state index contributed by atoms with van der Waals surface area (Å²) in [5, 5.41) is 13.6. The molecular weight excluding hydrogens is 279 g/mol. The van der Waals surface area contributed by atoms with E-state index in [0.29, 0.717) is 5.56 Å². The highest BCUT2D eigenvalue weighted by atomic mass is 19.1. The number of carbonyl (C=O) groups excluding carboxylic acids is 1. The predicted molar refractivity (Wildman–Crippen MR) is 71.0 cm³/mol. The average Bonchev–Trinajstić information content (AvgIpc) is 2.91. The van der Waals surface area contributed by atoms with Crippen LogP contribution in [0.4, 0.5) is 4.39 Å². The largest absolute Gasteiger partial charge is 0.487 e. The lowest BCUT2D eigenvalue weighted by molar-refractivity contribution is -0.154. The fraction of sp³-hybridized carbons (Fsp3) is 0.286. The van der Waals surface area contributed by atoms with Crippen LogP contribution in [-0.2, 0) is 16.6 Å². The van der Waals surface area contributed by atoms with E-state index in [1.54, 1.807) is 19.2 Å². The highest BCUT2D eigenvalue weighted by Crippen LogP contribution is 2.15. The van der Waals surface area contributed by atoms with Gasteiger partial charge in [-0.2, -0.15) is 5.10 Å². The van der Waals surface area contributed by atoms with Crippen molar-refractivity contribution < 1.29 is 23.8 Å². The minimum atomic E-state index is -1.40. The second-order valence-electron chi connectivity index (χ2n) is 4.30. The molecule has 112 valence electrons. The summed E-state index contributed by atoms with van der Waals surface area (Å²) in [5.74, 6) is -1.21. The Morgan fingerprint density at radius 1 is 1.43 bits per heavy atom. The van der Waals surface area contributed by atoms with Gasteiger partial charge >= 0.3 is 5.97 Å². The lowest BCUT2D eigenvalue weighted by Gasteiger charge is -2.10. The standard InChI is InChI=1S/C14H15FN2O4/c1-17-9-10(8-16-17)13(18)14(19)21-7-6-20-12-5-3-2-4-11(12)15/h2-5,8-9,13,18H,6-7H2,1H3/t13-/m1/s1. The molecule has 0 radical (unpaired) electrons. The number of aliphatic hydroxyl groups is 1. The third-order valence-corrected chi connectivity index (χ3v) is 2.69. The molecule has 0 saturated carbocycles. The third-order valence-electron chi connectivity index (χ3n) is 2.69. The van der Waals surface area contributed by atoms with Gasteiger partial charge in [0, 0.05) is 18.8 Å². The highest BCUT2D eigenvalue weighted by molar-refractivity contribution is 5.75. The van der Waals surface area contributed by atoms with Gasteiger partial charge in [0.15, 0.2) is 17.7 Å². The van der Waals surface area contributed by atoms with E-state index >= 15 is 0 Å². The van der Waals surface area contributed by atoms with E-state index in [1.807, 2.05) is 0 Å². The van der Waals surface area contributed by atoms with Crippen LogP contribution in [0.15, 0.2) is 36.7 Å². The fourth-order valence-corrected chi connectivity index (χ4v) is 1.65. The molecule has 1 aromatic carbocycles. The smallest absolute Gasteiger partial charge is 0.339 e. The summed E-state index contributed by atoms with van der Waals surface area (Å²) in [6.07, 6.45) is 1.50. The van der Waals surface area contributed by atoms with E-state index in [1.165, 1.54) is 29.2 Å². The van der Waals surface area contributed by atoms with Gasteiger partial charge in [-0.1, -0.05) is 12.1 Å². The van der Waals surface area contributed by atoms with E-state index in [2.05, 4.69) is 5.10 Å². The van der Waals surface area contributed by atoms with Crippen molar-refractivity contribution in [1.29, 1.82) is 0 Å². The van der Waals surface area contributed by atoms with Crippen molar-refractivity contribution in [2.24, 2.45) is 7.05 Å². The molecule has 0 aliphatic carbocycles. The lowest BCUT2D eigenvalue weighted by atomic mass is 10.2. The molecular formula is C14H15FN2O4. The Labute approximate surface area is 120 Å². The number of aromatic nitrogens is 2. The number of aliphatic hydroxyl groups excluding tert-OH is 1. The van der Waals surface area contributed by atoms with Gasteiger partial charge in [-0.25, -0.2) is 9.18 Å². The van der Waals surface area contributed by atoms with Gasteiger partial charge in [-0.15, -0.1) is 0 Å². The van der Waals surface area contributed by atoms with Crippen molar-refractivity contribution in [1.82, 2.24) is 9.78 Å². The van der Waals surface area contributed by atoms with Crippen LogP contribution in [0.5, 0.6) is 5.75 Å². The molecule has 0 saturated heterocycles. The Morgan fingerprint density at radius 2 is 2.19 bits per heavy atom. The molecule has 6 nitrogen and oxygen atoms in total. The van der Waals surface area contributed by atoms with Crippen molar-refractivity contribution in [3.63, 3.8) is 0 Å². The Hall–Kier alpha value is -2.41. The first-order valence-corrected chi connectivity index (χ1v) is 6.28. The lowest BCUT2D eigenvalue weighted by Crippen LogP contribution is -2.18. The summed E-state index contributed by atoms with van der Waals surface area (Å²) in [6, 6.07) is 5.93. The maximum absolute atomic E-state index is 13.2. The summed E-state index contributed by atoms with van der Waals surface area (Å²) in [7, 11) is 1.67. The SMILES string of the molecule is Cn1cc([C@@H](O)C(=O)OCCOc2ccccc2F)cn1. The van der Waals surface area contributed by atoms with Crippen molar-refractivity contribution in [2.45, 2.75) is 6.10 Å². The van der Waals surface area contributed by atoms with E-state index < -0.39 is 17.9 Å². The number of aryl methyl sites for hydroxylation is 1. The molecule has 2 aromatic rings. The number of hydrogen-bond donors (Lipinski definition) is 1. The number of esters is 1. The van der Waals surface area contributed by atoms with E-state index in [9.17, 15) is 14.3 Å². The number of para-hydroxylation sites is 1. The summed E-state index contributed by atoms with van der Waals surface area (Å²) in [5.41, 5.74) is 0.345. The minimum absolute atomic E-state index is 0.00751. The van der Waals surface area contributed by atoms with Crippen LogP contribution in [0.2, 0.25) is 0 Å². The molecule has 0 aliphatic rings. The summed E-state index contributed by atoms with van der Waals surface area (Å²) in [4.78, 5) is 11.6. The fourth-order valence-electron chi connectivity index (χ4n) is 1.65. The maximum atomic E-state index is 13.2. The molecule has 0 spiro atoms. The Kier molecular flexibility index (Phi) is 4.89. The molecule has 0 fully saturated rings. The monoisotopic (exact) mass is 294 g/mol. The number of carbonyl (C=O) groups is 1. The molecule has 1 heterocycles. The van der Waals surface area contributed by atoms with Gasteiger partial charge in [-0.3, -0.25) is 4.68 Å². The second-order valence-corrected chi connectivity index (χ2v) is 4.30. The van der Waals surface area contributed by atoms with Gasteiger partial charge in [-0.05, 0) is 12.1 Å². The van der Waals surface area contributed by atoms with Gasteiger partial charge in [0.05, 0.1) is 6.20 Å². The Balaban J connectivity index is 1.76. The molecule has 0 amide bonds. The molecule has 0 bridgehead atoms. The van der Waals surface area contributed by atoms with Gasteiger partial charge in [0.2, 0.25) is 0 Å². The van der Waals surface area contributed by atoms with E-state index in [-0.39, 0.29) is 19.0 Å². The van der Waals surface area contributed by atoms with E-state index in [4.69, 9.17) is 9.47 Å². The number of halogens is 1. The Morgan fingerprint density at radius 3 is 2.86 bits per heavy atom. The maximum Gasteiger partial charge on any atom is 0.339 e. The number of hydrogen-bond acceptors (Lipinski definition) is 5. The van der Waals surface area contributed by atoms with Crippen LogP contribution in [0.3, 0.4) is 0 Å². The van der Waals surface area contributed by atoms with Crippen LogP contribution < -0.4 is 4.74 Å². The van der Waals surface area contributed by atoms with Gasteiger partial charge in [0.1, 0.15) is 13.2 Å². The average molecular weight is 294 g/mol. The van der Waals surface area contributed by atoms with Crippen molar-refractivity contribution >= 4 is 5.97 Å². The Bertz CT molecular complexity index is 615. The molecule has 1 aromatic heterocycles. The predicted octanol–water partition coefficient (Wildman–Crippen LogP) is 1.21. The number of nitrogens with zero attached hydrogens (tertiary/aromatic N) is 2. The number of benzene rings is 1. The third kappa shape index (κ3) is 4.03. The van der Waals surface area contributed by atoms with Crippen LogP contribution in [0.1, 0.15) is 11.7 Å². The normalized spacial score (nSPS) is 12.0. The molecule has 1 atom stereocenters. The first-order chi connectivity index (χ1) is 10.1. The van der Waals surface area contributed by atoms with Crippen molar-refractivity contribution in [3.8, 4) is 5.75 Å². The zero-order chi connectivity index (χ0) is 15.2. The number of rotatable bonds is 6. The van der Waals surface area contributed by atoms with Crippen molar-refractivity contribution in [3.05, 3.63) is 48.0 Å². The topological polar surface area (TPSA) is 73.6 Å². The number of ether oxygens (including phenoxy) is 2. The molecule has 21 heavy (non-hydrogen) atoms. The minimum Gasteiger partial charge on any atom is -0.487 e. The van der Waals surface area contributed by atoms with Gasteiger partial charge in [0.25, 0.3) is 0 Å². The summed E-state index contributed by atoms with van der Waals surface area (Å²) in [6.45, 7) is -0.100. The molecule has 7 heteroatoms. The second kappa shape index (κ2) is 6.85. The highest BCUT2D eigenvalue weighted by Gasteiger charge is 2.20. The van der Waals surface area contributed by atoms with Crippen molar-refractivity contribution in [2.75, 3.05) is 13.2 Å². The van der Waals surface area contributed by atoms with Crippen LogP contribution in [-0.4, -0.2) is 34.1 Å².